The summed E-state index contributed by atoms with van der Waals surface area (Å²) in [6.45, 7) is 5.85. The molecule has 7 nitrogen and oxygen atoms in total. The number of hydrazone groups is 1. The minimum Gasteiger partial charge on any atom is -0.489 e. The van der Waals surface area contributed by atoms with E-state index in [1.54, 1.807) is 26.0 Å². The van der Waals surface area contributed by atoms with Gasteiger partial charge in [0, 0.05) is 0 Å². The number of amides is 1. The highest BCUT2D eigenvalue weighted by atomic mass is 32.2. The van der Waals surface area contributed by atoms with E-state index >= 15 is 0 Å². The summed E-state index contributed by atoms with van der Waals surface area (Å²) in [7, 11) is -3.86. The van der Waals surface area contributed by atoms with Gasteiger partial charge in [-0.25, -0.2) is 13.8 Å². The molecular weight excluding hydrogens is 498 g/mol. The summed E-state index contributed by atoms with van der Waals surface area (Å²) >= 11 is 0. The quantitative estimate of drug-likeness (QED) is 0.219. The zero-order valence-corrected chi connectivity index (χ0v) is 22.4. The van der Waals surface area contributed by atoms with Crippen molar-refractivity contribution in [1.82, 2.24) is 10.1 Å². The van der Waals surface area contributed by atoms with Gasteiger partial charge in [-0.1, -0.05) is 74.0 Å². The normalized spacial score (nSPS) is 12.6. The highest BCUT2D eigenvalue weighted by Crippen LogP contribution is 2.21. The summed E-state index contributed by atoms with van der Waals surface area (Å²) in [5, 5.41) is 6.35. The molecule has 4 aromatic carbocycles. The molecule has 4 aromatic rings. The van der Waals surface area contributed by atoms with Crippen LogP contribution >= 0.6 is 0 Å². The van der Waals surface area contributed by atoms with Gasteiger partial charge in [0.25, 0.3) is 5.91 Å². The Bertz CT molecular complexity index is 1530. The van der Waals surface area contributed by atoms with Crippen molar-refractivity contribution in [2.24, 2.45) is 11.0 Å². The molecule has 0 spiro atoms. The van der Waals surface area contributed by atoms with Crippen molar-refractivity contribution in [2.45, 2.75) is 38.3 Å². The number of hydrogen-bond donors (Lipinski definition) is 2. The fourth-order valence-corrected chi connectivity index (χ4v) is 5.26. The first-order valence-corrected chi connectivity index (χ1v) is 13.8. The largest absolute Gasteiger partial charge is 0.489 e. The van der Waals surface area contributed by atoms with E-state index in [-0.39, 0.29) is 10.8 Å². The third-order valence-corrected chi connectivity index (χ3v) is 7.56. The van der Waals surface area contributed by atoms with Gasteiger partial charge in [-0.15, -0.1) is 0 Å². The molecular formula is C30H31N3O4S. The number of fused-ring (bicyclic) bond motifs is 1. The summed E-state index contributed by atoms with van der Waals surface area (Å²) < 4.78 is 34.0. The van der Waals surface area contributed by atoms with Crippen molar-refractivity contribution in [3.05, 3.63) is 108 Å². The van der Waals surface area contributed by atoms with E-state index in [2.05, 4.69) is 39.5 Å². The molecule has 0 unspecified atom stereocenters. The molecule has 0 aliphatic rings. The van der Waals surface area contributed by atoms with Crippen molar-refractivity contribution in [3.63, 3.8) is 0 Å². The molecule has 0 radical (unpaired) electrons. The van der Waals surface area contributed by atoms with Crippen molar-refractivity contribution >= 4 is 32.9 Å². The zero-order valence-electron chi connectivity index (χ0n) is 21.6. The van der Waals surface area contributed by atoms with Crippen molar-refractivity contribution in [2.75, 3.05) is 0 Å². The second-order valence-electron chi connectivity index (χ2n) is 9.39. The van der Waals surface area contributed by atoms with E-state index in [1.807, 2.05) is 49.4 Å². The van der Waals surface area contributed by atoms with Crippen LogP contribution in [0.1, 0.15) is 30.5 Å². The van der Waals surface area contributed by atoms with Gasteiger partial charge in [0.1, 0.15) is 18.4 Å². The number of hydrogen-bond acceptors (Lipinski definition) is 5. The van der Waals surface area contributed by atoms with Crippen LogP contribution in [0.5, 0.6) is 5.75 Å². The van der Waals surface area contributed by atoms with Crippen molar-refractivity contribution in [3.8, 4) is 5.75 Å². The Labute approximate surface area is 223 Å². The molecule has 38 heavy (non-hydrogen) atoms. The number of rotatable bonds is 10. The number of carbonyl (C=O) groups is 1. The van der Waals surface area contributed by atoms with E-state index < -0.39 is 22.0 Å². The number of aryl methyl sites for hydroxylation is 1. The monoisotopic (exact) mass is 529 g/mol. The minimum absolute atomic E-state index is 0.104. The summed E-state index contributed by atoms with van der Waals surface area (Å²) in [5.41, 5.74) is 5.25. The number of ether oxygens (including phenoxy) is 1. The average Bonchev–Trinajstić information content (AvgIpc) is 2.91. The fourth-order valence-electron chi connectivity index (χ4n) is 3.91. The predicted molar refractivity (Wildman–Crippen MR) is 151 cm³/mol. The standard InChI is InChI=1S/C30H31N3O4S/c1-21(2)29(33-38(35,36)27-17-11-22(3)12-18-27)30(34)32-31-19-23-13-15-26(16-14-23)37-20-25-9-6-8-24-7-4-5-10-28(24)25/h4-19,21,29,33H,20H2,1-3H3,(H,32,34)/b31-19-/t29-/m0/s1. The Morgan fingerprint density at radius 3 is 2.32 bits per heavy atom. The number of nitrogens with zero attached hydrogens (tertiary/aromatic N) is 1. The van der Waals surface area contributed by atoms with E-state index in [0.29, 0.717) is 12.4 Å². The maximum Gasteiger partial charge on any atom is 0.258 e. The molecule has 0 aromatic heterocycles. The molecule has 1 amide bonds. The molecule has 0 saturated heterocycles. The first-order chi connectivity index (χ1) is 18.2. The Balaban J connectivity index is 1.34. The molecule has 0 aliphatic carbocycles. The molecule has 4 rings (SSSR count). The molecule has 2 N–H and O–H groups in total. The molecule has 0 heterocycles. The summed E-state index contributed by atoms with van der Waals surface area (Å²) in [4.78, 5) is 12.8. The van der Waals surface area contributed by atoms with Crippen LogP contribution in [0.2, 0.25) is 0 Å². The minimum atomic E-state index is -3.86. The van der Waals surface area contributed by atoms with Crippen LogP contribution in [-0.4, -0.2) is 26.6 Å². The highest BCUT2D eigenvalue weighted by Gasteiger charge is 2.28. The lowest BCUT2D eigenvalue weighted by molar-refractivity contribution is -0.123. The number of sulfonamides is 1. The zero-order chi connectivity index (χ0) is 27.1. The fraction of sp³-hybridized carbons (Fsp3) is 0.200. The molecule has 0 bridgehead atoms. The molecule has 0 fully saturated rings. The molecule has 0 saturated carbocycles. The van der Waals surface area contributed by atoms with E-state index in [9.17, 15) is 13.2 Å². The summed E-state index contributed by atoms with van der Waals surface area (Å²) in [5.74, 6) is -0.116. The van der Waals surface area contributed by atoms with E-state index in [4.69, 9.17) is 4.74 Å². The lowest BCUT2D eigenvalue weighted by Crippen LogP contribution is -2.48. The number of carbonyl (C=O) groups excluding carboxylic acids is 1. The smallest absolute Gasteiger partial charge is 0.258 e. The Morgan fingerprint density at radius 2 is 1.61 bits per heavy atom. The molecule has 1 atom stereocenters. The van der Waals surface area contributed by atoms with Gasteiger partial charge in [0.15, 0.2) is 0 Å². The maximum atomic E-state index is 12.8. The van der Waals surface area contributed by atoms with Gasteiger partial charge in [0.2, 0.25) is 10.0 Å². The van der Waals surface area contributed by atoms with Gasteiger partial charge in [-0.05, 0) is 71.1 Å². The number of benzene rings is 4. The topological polar surface area (TPSA) is 96.9 Å². The third kappa shape index (κ3) is 6.85. The van der Waals surface area contributed by atoms with Crippen LogP contribution in [0.15, 0.2) is 101 Å². The average molecular weight is 530 g/mol. The maximum absolute atomic E-state index is 12.8. The first kappa shape index (κ1) is 27.0. The second kappa shape index (κ2) is 12.0. The van der Waals surface area contributed by atoms with Crippen molar-refractivity contribution < 1.29 is 17.9 Å². The SMILES string of the molecule is Cc1ccc(S(=O)(=O)N[C@H](C(=O)N/N=C\c2ccc(OCc3cccc4ccccc34)cc2)C(C)C)cc1. The van der Waals surface area contributed by atoms with Gasteiger partial charge in [-0.3, -0.25) is 4.79 Å². The molecule has 196 valence electrons. The lowest BCUT2D eigenvalue weighted by atomic mass is 10.1. The van der Waals surface area contributed by atoms with E-state index in [1.165, 1.54) is 23.7 Å². The third-order valence-electron chi connectivity index (χ3n) is 6.11. The van der Waals surface area contributed by atoms with Gasteiger partial charge in [0.05, 0.1) is 11.1 Å². The van der Waals surface area contributed by atoms with Gasteiger partial charge >= 0.3 is 0 Å². The Hall–Kier alpha value is -4.01. The number of nitrogens with one attached hydrogen (secondary N) is 2. The summed E-state index contributed by atoms with van der Waals surface area (Å²) in [6.07, 6.45) is 1.50. The van der Waals surface area contributed by atoms with Crippen LogP contribution in [0.4, 0.5) is 0 Å². The Morgan fingerprint density at radius 1 is 0.921 bits per heavy atom. The van der Waals surface area contributed by atoms with Crippen LogP contribution in [0.3, 0.4) is 0 Å². The second-order valence-corrected chi connectivity index (χ2v) is 11.1. The van der Waals surface area contributed by atoms with Gasteiger partial charge < -0.3 is 4.74 Å². The van der Waals surface area contributed by atoms with Crippen LogP contribution in [0, 0.1) is 12.8 Å². The van der Waals surface area contributed by atoms with Crippen LogP contribution in [-0.2, 0) is 21.4 Å². The summed E-state index contributed by atoms with van der Waals surface area (Å²) in [6, 6.07) is 27.1. The Kier molecular flexibility index (Phi) is 8.55. The van der Waals surface area contributed by atoms with Crippen molar-refractivity contribution in [1.29, 1.82) is 0 Å². The van der Waals surface area contributed by atoms with Gasteiger partial charge in [-0.2, -0.15) is 9.82 Å². The van der Waals surface area contributed by atoms with E-state index in [0.717, 1.165) is 22.1 Å². The molecule has 8 heteroatoms. The highest BCUT2D eigenvalue weighted by molar-refractivity contribution is 7.89. The van der Waals surface area contributed by atoms with Crippen LogP contribution in [0.25, 0.3) is 10.8 Å². The molecule has 0 aliphatic heterocycles. The lowest BCUT2D eigenvalue weighted by Gasteiger charge is -2.20. The van der Waals surface area contributed by atoms with Crippen LogP contribution < -0.4 is 14.9 Å². The predicted octanol–water partition coefficient (Wildman–Crippen LogP) is 5.18. The first-order valence-electron chi connectivity index (χ1n) is 12.3.